The first-order valence-electron chi connectivity index (χ1n) is 45.3. The lowest BCUT2D eigenvalue weighted by atomic mass is 10.00. The maximum Gasteiger partial charge on any atom is 0.303 e. The van der Waals surface area contributed by atoms with Crippen LogP contribution >= 0.6 is 11.8 Å². The number of phenolic OH excluding ortho intramolecular Hbond substituents is 1. The summed E-state index contributed by atoms with van der Waals surface area (Å²) < 4.78 is 0. The van der Waals surface area contributed by atoms with Crippen LogP contribution in [0, 0.1) is 5.41 Å². The molecule has 3 aromatic heterocycles. The number of unbranched alkanes of at least 4 members (excludes halogenated alkanes) is 2. The van der Waals surface area contributed by atoms with Gasteiger partial charge in [-0.2, -0.15) is 0 Å². The Balaban J connectivity index is 1.10. The molecule has 3 fully saturated rings. The number of nitrogens with zero attached hydrogens (tertiary/aromatic N) is 6. The smallest absolute Gasteiger partial charge is 0.303 e. The molecule has 3 aliphatic heterocycles. The number of rotatable bonds is 27. The highest BCUT2D eigenvalue weighted by molar-refractivity contribution is 8.00. The molecular formula is C90H126N24O21S. The molecule has 15 atom stereocenters. The van der Waals surface area contributed by atoms with Gasteiger partial charge in [-0.15, -0.1) is 11.8 Å². The van der Waals surface area contributed by atoms with Gasteiger partial charge in [-0.25, -0.2) is 4.98 Å². The largest absolute Gasteiger partial charge is 0.508 e. The van der Waals surface area contributed by atoms with Gasteiger partial charge in [0.2, 0.25) is 94.5 Å². The number of imidazole rings is 1. The fraction of sp³-hybridized carbons (Fsp3) is 0.522. The van der Waals surface area contributed by atoms with Gasteiger partial charge in [0.25, 0.3) is 0 Å². The minimum Gasteiger partial charge on any atom is -0.508 e. The number of aromatic amines is 3. The third kappa shape index (κ3) is 29.4. The molecule has 0 bridgehead atoms. The molecule has 136 heavy (non-hydrogen) atoms. The maximum absolute atomic E-state index is 15.8. The number of guanidine groups is 1. The van der Waals surface area contributed by atoms with Crippen LogP contribution < -0.4 is 75.7 Å². The second-order valence-corrected chi connectivity index (χ2v) is 35.2. The Labute approximate surface area is 788 Å². The molecule has 0 radical (unpaired) electrons. The number of carbonyl (C=O) groups excluding carboxylic acids is 16. The molecule has 738 valence electrons. The van der Waals surface area contributed by atoms with Crippen LogP contribution in [-0.2, 0) is 107 Å². The Morgan fingerprint density at radius 2 is 1.09 bits per heavy atom. The van der Waals surface area contributed by atoms with Crippen LogP contribution in [0.3, 0.4) is 0 Å². The molecule has 6 aromatic rings. The Kier molecular flexibility index (Phi) is 39.8. The van der Waals surface area contributed by atoms with Crippen LogP contribution in [0.5, 0.6) is 5.75 Å². The zero-order valence-electron chi connectivity index (χ0n) is 76.8. The third-order valence-corrected chi connectivity index (χ3v) is 25.3. The Morgan fingerprint density at radius 1 is 0.551 bits per heavy atom. The number of likely N-dealkylation sites (N-methyl/N-ethyl adjacent to an activating group) is 3. The van der Waals surface area contributed by atoms with E-state index in [1.54, 1.807) is 60.9 Å². The van der Waals surface area contributed by atoms with Crippen LogP contribution in [0.25, 0.3) is 21.8 Å². The average Bonchev–Trinajstić information content (AvgIpc) is 1.51. The number of phenols is 1. The molecular weight excluding hydrogens is 1790 g/mol. The number of nitrogens with two attached hydrogens (primary N) is 3. The van der Waals surface area contributed by atoms with Gasteiger partial charge < -0.3 is 136 Å². The van der Waals surface area contributed by atoms with Crippen molar-refractivity contribution in [3.63, 3.8) is 0 Å². The van der Waals surface area contributed by atoms with Gasteiger partial charge >= 0.3 is 5.97 Å². The summed E-state index contributed by atoms with van der Waals surface area (Å²) in [5, 5.41) is 80.9. The molecule has 46 heteroatoms. The van der Waals surface area contributed by atoms with Crippen LogP contribution in [0.15, 0.2) is 97.7 Å². The highest BCUT2D eigenvalue weighted by atomic mass is 32.2. The number of H-pyrrole nitrogens is 3. The molecule has 6 heterocycles. The minimum absolute atomic E-state index is 0.00550. The van der Waals surface area contributed by atoms with Crippen molar-refractivity contribution >= 4 is 140 Å². The van der Waals surface area contributed by atoms with Crippen molar-refractivity contribution in [3.05, 3.63) is 120 Å². The van der Waals surface area contributed by atoms with E-state index in [1.165, 1.54) is 69.8 Å². The molecule has 0 saturated carbocycles. The van der Waals surface area contributed by atoms with Gasteiger partial charge in [0, 0.05) is 131 Å². The fourth-order valence-corrected chi connectivity index (χ4v) is 17.5. The number of aliphatic hydroxyl groups is 2. The summed E-state index contributed by atoms with van der Waals surface area (Å²) in [5.74, 6) is -18.2. The van der Waals surface area contributed by atoms with E-state index in [2.05, 4.69) is 78.4 Å². The number of fused-ring (bicyclic) bond motifs is 4. The van der Waals surface area contributed by atoms with Crippen LogP contribution in [0.1, 0.15) is 133 Å². The number of aliphatic hydroxyl groups excluding tert-OH is 2. The number of para-hydroxylation sites is 2. The summed E-state index contributed by atoms with van der Waals surface area (Å²) in [5.41, 5.74) is 20.0. The van der Waals surface area contributed by atoms with E-state index >= 15 is 38.4 Å². The van der Waals surface area contributed by atoms with Crippen molar-refractivity contribution in [1.82, 2.24) is 103 Å². The van der Waals surface area contributed by atoms with E-state index in [9.17, 15) is 63.6 Å². The number of aliphatic carboxylic acids is 1. The monoisotopic (exact) mass is 1910 g/mol. The summed E-state index contributed by atoms with van der Waals surface area (Å²) in [7, 11) is 3.92. The highest BCUT2D eigenvalue weighted by Crippen LogP contribution is 2.28. The number of amides is 16. The quantitative estimate of drug-likeness (QED) is 0.0134. The van der Waals surface area contributed by atoms with Crippen molar-refractivity contribution in [2.24, 2.45) is 17.2 Å². The van der Waals surface area contributed by atoms with Gasteiger partial charge in [-0.3, -0.25) is 86.9 Å². The van der Waals surface area contributed by atoms with E-state index < -0.39 is 248 Å². The summed E-state index contributed by atoms with van der Waals surface area (Å²) in [6.45, 7) is 2.25. The van der Waals surface area contributed by atoms with Crippen molar-refractivity contribution < 1.29 is 102 Å². The number of benzene rings is 3. The van der Waals surface area contributed by atoms with E-state index in [4.69, 9.17) is 22.6 Å². The highest BCUT2D eigenvalue weighted by Gasteiger charge is 2.47. The Bertz CT molecular complexity index is 5230. The standard InChI is InChI=1S/C90H126N24O21S/c1-7-9-22-69-82(128)102-60(21-15-33-96-90(93)94)78(124)109-68(77(123)99-43-73(92)118)46-136-47-74(119)101-65(35-50-25-27-54(116)28-26-50)85(131)110(4)49(3)76(122)103-62(31-32-91)87(133)113-34-16-24-70(113)83(129)106-64(38-53-42-95-48-100-53)80(126)104-61(29-30-75(120)121)88(134)114-44-55(117)39-72(114)84(130)105-63(36-51-40-97-58-19-13-11-17-56(51)58)79(125)108-67(45-115)81(127)107-66(37-52-41-98-59-20-14-12-18-57(52)59)86(132)112(6)71(23-10-8-2)89(135)111(69)5/h11-14,17-20,25-28,40-42,48-49,55,60-72,97-98,115-117H,7-10,15-16,21-24,29-39,43-47,91H2,1-6H3,(H2,92,118)(H,95,100)(H,99,123)(H,101,119)(H,102,128)(H,103,122)(H,104,126)(H,105,130)(H,106,129)(H,107,127)(H,108,125)(H,109,124)(H,120,121)(H4,93,94,96)/t49-,55+,60-,61-,62-,63-,64-,65-,66-,67-,68-,69-,70-,71-,72-/m0/s1. The SMILES string of the molecule is CCCC[C@H]1C(=O)N(C)[C@@H](CCCC)C(=O)N[C@@H](CCCNC(=N)N)C(=O)N[C@H](C(=O)NCC(N)=O)CSCC(=O)N[C@@H](Cc2ccc(O)cc2)C(=O)N(C)[C@@H](C)C(=O)N[C@@H](CCN)C(=O)N2CCC[C@H]2C(=O)N[C@@H](Cc2cnc[nH]2)C(=O)N[C@@H](CCC(=O)O)C(=O)N2C[C@H](O)C[C@H]2C(=O)N[C@@H](Cc2c[nH]c3ccccc23)C(=O)N[C@@H](CO)C(=O)N[C@@H](Cc2c[nH]c3ccccc23)C(=O)N1C. The zero-order chi connectivity index (χ0) is 99.1. The summed E-state index contributed by atoms with van der Waals surface area (Å²) in [6, 6.07) is -2.57. The summed E-state index contributed by atoms with van der Waals surface area (Å²) in [4.78, 5) is 268. The lowest BCUT2D eigenvalue weighted by molar-refractivity contribution is -0.149. The second-order valence-electron chi connectivity index (χ2n) is 34.2. The molecule has 3 saturated heterocycles. The van der Waals surface area contributed by atoms with E-state index in [-0.39, 0.29) is 102 Å². The normalized spacial score (nSPS) is 24.6. The number of carboxylic acid groups (broad SMARTS) is 1. The molecule has 25 N–H and O–H groups in total. The Hall–Kier alpha value is -13.8. The summed E-state index contributed by atoms with van der Waals surface area (Å²) >= 11 is 0.772. The van der Waals surface area contributed by atoms with Crippen LogP contribution in [-0.4, -0.2) is 334 Å². The molecule has 0 spiro atoms. The molecule has 9 rings (SSSR count). The molecule has 0 aliphatic carbocycles. The molecule has 3 aromatic carbocycles. The van der Waals surface area contributed by atoms with Crippen molar-refractivity contribution in [3.8, 4) is 5.75 Å². The fourth-order valence-electron chi connectivity index (χ4n) is 16.6. The van der Waals surface area contributed by atoms with Gasteiger partial charge in [0.05, 0.1) is 31.3 Å². The minimum atomic E-state index is -1.93. The molecule has 45 nitrogen and oxygen atoms in total. The Morgan fingerprint density at radius 3 is 1.69 bits per heavy atom. The van der Waals surface area contributed by atoms with Gasteiger partial charge in [0.15, 0.2) is 5.96 Å². The van der Waals surface area contributed by atoms with E-state index in [0.29, 0.717) is 64.2 Å². The number of aromatic hydroxyl groups is 1. The second kappa shape index (κ2) is 51.1. The molecule has 16 amide bonds. The van der Waals surface area contributed by atoms with Crippen molar-refractivity contribution in [2.75, 3.05) is 72.0 Å². The number of hydrogen-bond acceptors (Lipinski definition) is 24. The van der Waals surface area contributed by atoms with Crippen molar-refractivity contribution in [1.29, 1.82) is 5.41 Å². The van der Waals surface area contributed by atoms with Gasteiger partial charge in [0.1, 0.15) is 90.3 Å². The number of thioether (sulfide) groups is 1. The predicted octanol–water partition coefficient (Wildman–Crippen LogP) is -3.64. The average molecular weight is 1910 g/mol. The third-order valence-electron chi connectivity index (χ3n) is 24.3. The number of hydrogen-bond donors (Lipinski definition) is 22. The lowest BCUT2D eigenvalue weighted by Crippen LogP contribution is -2.61. The lowest BCUT2D eigenvalue weighted by Gasteiger charge is -2.36. The van der Waals surface area contributed by atoms with Gasteiger partial charge in [-0.05, 0) is 106 Å². The van der Waals surface area contributed by atoms with E-state index in [1.807, 2.05) is 13.8 Å². The molecule has 0 unspecified atom stereocenters. The van der Waals surface area contributed by atoms with Crippen molar-refractivity contribution in [2.45, 2.75) is 227 Å². The number of carboxylic acids is 1. The number of nitrogens with one attached hydrogen (secondary N) is 15. The maximum atomic E-state index is 15.8. The first kappa shape index (κ1) is 106. The topological polar surface area (TPSA) is 682 Å². The number of aromatic nitrogens is 4. The number of primary amides is 1. The van der Waals surface area contributed by atoms with E-state index in [0.717, 1.165) is 31.4 Å². The first-order valence-corrected chi connectivity index (χ1v) is 46.5. The van der Waals surface area contributed by atoms with Crippen LogP contribution in [0.2, 0.25) is 0 Å². The van der Waals surface area contributed by atoms with Crippen LogP contribution in [0.4, 0.5) is 0 Å². The predicted molar refractivity (Wildman–Crippen MR) is 497 cm³/mol. The molecule has 3 aliphatic rings. The number of carbonyl (C=O) groups is 17. The first-order chi connectivity index (χ1) is 64.9. The summed E-state index contributed by atoms with van der Waals surface area (Å²) in [6.07, 6.45) is 2.51. The zero-order valence-corrected chi connectivity index (χ0v) is 77.7. The van der Waals surface area contributed by atoms with Gasteiger partial charge in [-0.1, -0.05) is 88.1 Å².